The van der Waals surface area contributed by atoms with Crippen LogP contribution in [0.25, 0.3) is 0 Å². The van der Waals surface area contributed by atoms with Crippen molar-refractivity contribution in [1.29, 1.82) is 0 Å². The lowest BCUT2D eigenvalue weighted by Crippen LogP contribution is -2.44. The summed E-state index contributed by atoms with van der Waals surface area (Å²) < 4.78 is 5.30. The first kappa shape index (κ1) is 21.8. The topological polar surface area (TPSA) is 99.0 Å². The zero-order chi connectivity index (χ0) is 21.2. The molecule has 2 aromatic carbocycles. The lowest BCUT2D eigenvalue weighted by Gasteiger charge is -2.27. The van der Waals surface area contributed by atoms with Gasteiger partial charge < -0.3 is 4.74 Å². The molecule has 2 aromatic rings. The Bertz CT molecular complexity index is 851. The van der Waals surface area contributed by atoms with Gasteiger partial charge in [-0.05, 0) is 29.7 Å². The minimum absolute atomic E-state index is 0.0540. The predicted molar refractivity (Wildman–Crippen MR) is 105 cm³/mol. The Morgan fingerprint density at radius 2 is 1.72 bits per heavy atom. The van der Waals surface area contributed by atoms with Crippen molar-refractivity contribution >= 4 is 17.6 Å². The van der Waals surface area contributed by atoms with Crippen LogP contribution in [0.2, 0.25) is 0 Å². The van der Waals surface area contributed by atoms with Crippen LogP contribution in [0.5, 0.6) is 0 Å². The number of esters is 1. The Hall–Kier alpha value is -3.52. The maximum atomic E-state index is 12.6. The Morgan fingerprint density at radius 3 is 2.28 bits per heavy atom. The highest BCUT2D eigenvalue weighted by Crippen LogP contribution is 2.15. The van der Waals surface area contributed by atoms with E-state index in [1.54, 1.807) is 0 Å². The summed E-state index contributed by atoms with van der Waals surface area (Å²) in [5.41, 5.74) is 1.37. The zero-order valence-corrected chi connectivity index (χ0v) is 16.0. The largest absolute Gasteiger partial charge is 0.459 e. The first-order valence-corrected chi connectivity index (χ1v) is 8.90. The summed E-state index contributed by atoms with van der Waals surface area (Å²) in [7, 11) is 0. The second-order valence-corrected chi connectivity index (χ2v) is 6.18. The third kappa shape index (κ3) is 6.54. The van der Waals surface area contributed by atoms with Gasteiger partial charge in [-0.2, -0.15) is 0 Å². The molecular formula is C21H22N2O6. The standard InChI is InChI=1S/C21H22N2O6/c1-3-7-20(22(16(2)24)29-15-17-8-5-4-6-9-17)21(25)28-14-18-10-12-19(13-11-18)23(26)27/h3-6,8-13,20H,1,7,14-15H2,2H3. The van der Waals surface area contributed by atoms with Gasteiger partial charge >= 0.3 is 5.97 Å². The number of hydroxylamine groups is 2. The van der Waals surface area contributed by atoms with E-state index in [0.717, 1.165) is 10.6 Å². The van der Waals surface area contributed by atoms with Crippen molar-refractivity contribution in [2.75, 3.05) is 0 Å². The highest BCUT2D eigenvalue weighted by Gasteiger charge is 2.30. The van der Waals surface area contributed by atoms with Crippen LogP contribution in [-0.2, 0) is 32.4 Å². The maximum absolute atomic E-state index is 12.6. The Balaban J connectivity index is 2.03. The van der Waals surface area contributed by atoms with E-state index in [4.69, 9.17) is 9.57 Å². The Kier molecular flexibility index (Phi) is 8.05. The number of amides is 1. The predicted octanol–water partition coefficient (Wildman–Crippen LogP) is 3.56. The number of hydrogen-bond donors (Lipinski definition) is 0. The highest BCUT2D eigenvalue weighted by atomic mass is 16.7. The van der Waals surface area contributed by atoms with Gasteiger partial charge in [0.05, 0.1) is 4.92 Å². The van der Waals surface area contributed by atoms with Crippen LogP contribution in [0.1, 0.15) is 24.5 Å². The second-order valence-electron chi connectivity index (χ2n) is 6.18. The van der Waals surface area contributed by atoms with Gasteiger partial charge in [0.25, 0.3) is 5.69 Å². The Labute approximate surface area is 168 Å². The molecule has 1 atom stereocenters. The van der Waals surface area contributed by atoms with Crippen LogP contribution in [0, 0.1) is 10.1 Å². The molecule has 1 unspecified atom stereocenters. The van der Waals surface area contributed by atoms with E-state index in [9.17, 15) is 19.7 Å². The molecule has 0 aliphatic heterocycles. The molecule has 0 aliphatic rings. The van der Waals surface area contributed by atoms with Crippen molar-refractivity contribution in [1.82, 2.24) is 5.06 Å². The number of nitro benzene ring substituents is 1. The number of non-ortho nitro benzene ring substituents is 1. The molecule has 1 amide bonds. The normalized spacial score (nSPS) is 11.3. The highest BCUT2D eigenvalue weighted by molar-refractivity contribution is 5.82. The minimum atomic E-state index is -0.994. The van der Waals surface area contributed by atoms with E-state index in [2.05, 4.69) is 6.58 Å². The van der Waals surface area contributed by atoms with E-state index >= 15 is 0 Å². The molecule has 8 heteroatoms. The molecule has 0 heterocycles. The molecule has 29 heavy (non-hydrogen) atoms. The molecule has 0 saturated heterocycles. The van der Waals surface area contributed by atoms with Crippen molar-refractivity contribution in [3.05, 3.63) is 88.5 Å². The number of carbonyl (C=O) groups is 2. The summed E-state index contributed by atoms with van der Waals surface area (Å²) in [6.45, 7) is 4.94. The first-order chi connectivity index (χ1) is 13.9. The number of nitrogens with zero attached hydrogens (tertiary/aromatic N) is 2. The van der Waals surface area contributed by atoms with Gasteiger partial charge in [-0.3, -0.25) is 19.7 Å². The quantitative estimate of drug-likeness (QED) is 0.263. The van der Waals surface area contributed by atoms with Gasteiger partial charge in [0.1, 0.15) is 13.2 Å². The fraction of sp³-hybridized carbons (Fsp3) is 0.238. The summed E-state index contributed by atoms with van der Waals surface area (Å²) in [4.78, 5) is 40.4. The monoisotopic (exact) mass is 398 g/mol. The molecule has 0 saturated carbocycles. The van der Waals surface area contributed by atoms with Crippen LogP contribution in [0.15, 0.2) is 67.3 Å². The number of ether oxygens (including phenoxy) is 1. The molecule has 0 fully saturated rings. The molecule has 8 nitrogen and oxygen atoms in total. The van der Waals surface area contributed by atoms with Crippen LogP contribution >= 0.6 is 0 Å². The van der Waals surface area contributed by atoms with Gasteiger partial charge in [0, 0.05) is 19.1 Å². The number of nitro groups is 1. The van der Waals surface area contributed by atoms with Crippen molar-refractivity contribution in [2.24, 2.45) is 0 Å². The molecule has 0 aliphatic carbocycles. The van der Waals surface area contributed by atoms with Gasteiger partial charge in [0.2, 0.25) is 5.91 Å². The average molecular weight is 398 g/mol. The smallest absolute Gasteiger partial charge is 0.332 e. The molecule has 2 rings (SSSR count). The lowest BCUT2D eigenvalue weighted by molar-refractivity contribution is -0.384. The summed E-state index contributed by atoms with van der Waals surface area (Å²) >= 11 is 0. The van der Waals surface area contributed by atoms with Gasteiger partial charge in [0.15, 0.2) is 6.04 Å². The summed E-state index contributed by atoms with van der Waals surface area (Å²) in [5.74, 6) is -1.11. The molecular weight excluding hydrogens is 376 g/mol. The number of rotatable bonds is 10. The molecule has 0 spiro atoms. The minimum Gasteiger partial charge on any atom is -0.459 e. The molecule has 0 radical (unpaired) electrons. The van der Waals surface area contributed by atoms with Gasteiger partial charge in [-0.1, -0.05) is 36.4 Å². The van der Waals surface area contributed by atoms with Crippen LogP contribution in [0.3, 0.4) is 0 Å². The number of hydrogen-bond acceptors (Lipinski definition) is 6. The van der Waals surface area contributed by atoms with Crippen molar-refractivity contribution in [3.63, 3.8) is 0 Å². The molecule has 0 bridgehead atoms. The third-order valence-electron chi connectivity index (χ3n) is 4.00. The van der Waals surface area contributed by atoms with E-state index < -0.39 is 22.8 Å². The van der Waals surface area contributed by atoms with E-state index in [-0.39, 0.29) is 25.3 Å². The molecule has 0 aromatic heterocycles. The van der Waals surface area contributed by atoms with Crippen molar-refractivity contribution in [3.8, 4) is 0 Å². The van der Waals surface area contributed by atoms with E-state index in [1.807, 2.05) is 30.3 Å². The zero-order valence-electron chi connectivity index (χ0n) is 16.0. The van der Waals surface area contributed by atoms with Crippen LogP contribution in [-0.4, -0.2) is 27.9 Å². The number of carbonyl (C=O) groups excluding carboxylic acids is 2. The molecule has 152 valence electrons. The SMILES string of the molecule is C=CCC(C(=O)OCc1ccc([N+](=O)[O-])cc1)N(OCc1ccccc1)C(C)=O. The Morgan fingerprint density at radius 1 is 1.10 bits per heavy atom. The first-order valence-electron chi connectivity index (χ1n) is 8.90. The molecule has 0 N–H and O–H groups in total. The maximum Gasteiger partial charge on any atom is 0.332 e. The van der Waals surface area contributed by atoms with Gasteiger partial charge in [-0.25, -0.2) is 9.86 Å². The van der Waals surface area contributed by atoms with Crippen LogP contribution < -0.4 is 0 Å². The second kappa shape index (κ2) is 10.7. The van der Waals surface area contributed by atoms with E-state index in [0.29, 0.717) is 5.56 Å². The number of benzene rings is 2. The summed E-state index contributed by atoms with van der Waals surface area (Å²) in [6.07, 6.45) is 1.65. The van der Waals surface area contributed by atoms with Crippen LogP contribution in [0.4, 0.5) is 5.69 Å². The fourth-order valence-electron chi connectivity index (χ4n) is 2.53. The summed E-state index contributed by atoms with van der Waals surface area (Å²) in [6, 6.07) is 13.9. The third-order valence-corrected chi connectivity index (χ3v) is 4.00. The van der Waals surface area contributed by atoms with E-state index in [1.165, 1.54) is 37.3 Å². The van der Waals surface area contributed by atoms with Gasteiger partial charge in [-0.15, -0.1) is 6.58 Å². The fourth-order valence-corrected chi connectivity index (χ4v) is 2.53. The average Bonchev–Trinajstić information content (AvgIpc) is 2.72. The lowest BCUT2D eigenvalue weighted by atomic mass is 10.2. The van der Waals surface area contributed by atoms with Crippen molar-refractivity contribution < 1.29 is 24.1 Å². The summed E-state index contributed by atoms with van der Waals surface area (Å²) in [5, 5.41) is 11.7. The van der Waals surface area contributed by atoms with Crippen molar-refractivity contribution in [2.45, 2.75) is 32.6 Å².